The number of amides is 2. The molecule has 0 unspecified atom stereocenters. The second-order valence-corrected chi connectivity index (χ2v) is 14.5. The highest BCUT2D eigenvalue weighted by Crippen LogP contribution is 2.43. The summed E-state index contributed by atoms with van der Waals surface area (Å²) >= 11 is 8.53. The predicted molar refractivity (Wildman–Crippen MR) is 186 cm³/mol. The maximum atomic E-state index is 13.7. The van der Waals surface area contributed by atoms with Crippen molar-refractivity contribution >= 4 is 74.8 Å². The number of nitrogens with zero attached hydrogens (tertiary/aromatic N) is 7. The van der Waals surface area contributed by atoms with Gasteiger partial charge in [0.2, 0.25) is 11.4 Å². The van der Waals surface area contributed by atoms with E-state index in [0.717, 1.165) is 22.5 Å². The summed E-state index contributed by atoms with van der Waals surface area (Å²) in [5.74, 6) is -2.96. The zero-order valence-electron chi connectivity index (χ0n) is 27.3. The molecule has 1 fully saturated rings. The number of oxime groups is 1. The van der Waals surface area contributed by atoms with E-state index in [4.69, 9.17) is 22.2 Å². The Morgan fingerprint density at radius 3 is 2.62 bits per heavy atom. The van der Waals surface area contributed by atoms with Gasteiger partial charge in [0.25, 0.3) is 11.8 Å². The second kappa shape index (κ2) is 14.6. The molecule has 2 amide bonds. The zero-order chi connectivity index (χ0) is 37.3. The van der Waals surface area contributed by atoms with Gasteiger partial charge in [-0.2, -0.15) is 5.21 Å². The monoisotopic (exact) mass is 769 g/mol. The molecule has 21 heteroatoms. The van der Waals surface area contributed by atoms with E-state index in [1.165, 1.54) is 48.0 Å². The third-order valence-electron chi connectivity index (χ3n) is 8.05. The number of aliphatic carboxylic acids is 1. The largest absolute Gasteiger partial charge is 0.504 e. The molecule has 52 heavy (non-hydrogen) atoms. The minimum atomic E-state index is -1.76. The van der Waals surface area contributed by atoms with Crippen LogP contribution in [-0.4, -0.2) is 97.9 Å². The summed E-state index contributed by atoms with van der Waals surface area (Å²) in [6.07, 6.45) is 3.66. The number of nitrogens with one attached hydrogen (secondary N) is 2. The number of fused-ring (bicyclic) bond motifs is 1. The first-order valence-electron chi connectivity index (χ1n) is 15.3. The highest BCUT2D eigenvalue weighted by atomic mass is 35.5. The third-order valence-corrected chi connectivity index (χ3v) is 10.5. The van der Waals surface area contributed by atoms with Crippen molar-refractivity contribution in [2.75, 3.05) is 11.5 Å². The van der Waals surface area contributed by atoms with Crippen LogP contribution in [0.3, 0.4) is 0 Å². The van der Waals surface area contributed by atoms with E-state index in [-0.39, 0.29) is 51.8 Å². The molecule has 270 valence electrons. The van der Waals surface area contributed by atoms with E-state index in [9.17, 15) is 34.5 Å². The van der Waals surface area contributed by atoms with Gasteiger partial charge in [-0.1, -0.05) is 22.8 Å². The number of benzene rings is 1. The van der Waals surface area contributed by atoms with Crippen molar-refractivity contribution < 1.29 is 43.9 Å². The number of tetrazole rings is 1. The summed E-state index contributed by atoms with van der Waals surface area (Å²) < 4.78 is 1.86. The number of rotatable bonds is 13. The van der Waals surface area contributed by atoms with Crippen LogP contribution < -0.4 is 15.6 Å². The summed E-state index contributed by atoms with van der Waals surface area (Å²) in [6, 6.07) is 5.35. The topological polar surface area (TPSA) is 263 Å². The van der Waals surface area contributed by atoms with Crippen LogP contribution in [0, 0.1) is 0 Å². The number of aromatic hydroxyl groups is 2. The molecule has 2 aliphatic rings. The first kappa shape index (κ1) is 36.2. The number of carboxylic acid groups (broad SMARTS) is 1. The molecule has 2 aliphatic heterocycles. The van der Waals surface area contributed by atoms with Gasteiger partial charge in [-0.15, -0.1) is 33.3 Å². The molecule has 0 saturated carbocycles. The maximum absolute atomic E-state index is 13.7. The number of pyridine rings is 1. The van der Waals surface area contributed by atoms with Crippen LogP contribution in [0.25, 0.3) is 5.70 Å². The lowest BCUT2D eigenvalue weighted by molar-refractivity contribution is -0.688. The number of hydrogen-bond donors (Lipinski definition) is 6. The lowest BCUT2D eigenvalue weighted by atomic mass is 10.0. The smallest absolute Gasteiger partial charge is 0.350 e. The molecule has 3 aromatic heterocycles. The molecule has 0 radical (unpaired) electrons. The minimum absolute atomic E-state index is 0.0312. The van der Waals surface area contributed by atoms with E-state index in [1.54, 1.807) is 24.5 Å². The molecule has 4 aromatic rings. The number of anilines is 1. The molecule has 7 N–H and O–H groups in total. The second-order valence-electron chi connectivity index (χ2n) is 12.1. The number of carbonyl (C=O) groups excluding carboxylic acids is 3. The van der Waals surface area contributed by atoms with Gasteiger partial charge in [-0.3, -0.25) is 19.3 Å². The molecule has 1 saturated heterocycles. The van der Waals surface area contributed by atoms with Crippen molar-refractivity contribution in [2.24, 2.45) is 5.16 Å². The van der Waals surface area contributed by atoms with Crippen LogP contribution in [0.5, 0.6) is 11.5 Å². The van der Waals surface area contributed by atoms with E-state index in [0.29, 0.717) is 23.6 Å². The van der Waals surface area contributed by atoms with E-state index in [1.807, 2.05) is 4.57 Å². The summed E-state index contributed by atoms with van der Waals surface area (Å²) in [4.78, 5) is 62.2. The van der Waals surface area contributed by atoms with Gasteiger partial charge < -0.3 is 31.2 Å². The minimum Gasteiger partial charge on any atom is -0.504 e. The first-order chi connectivity index (χ1) is 24.7. The number of thiazole rings is 1. The Balaban J connectivity index is 1.16. The number of carbonyl (C=O) groups is 4. The Bertz CT molecular complexity index is 2120. The fourth-order valence-corrected chi connectivity index (χ4v) is 7.36. The predicted octanol–water partition coefficient (Wildman–Crippen LogP) is 1.04. The van der Waals surface area contributed by atoms with Crippen molar-refractivity contribution in [2.45, 2.75) is 50.3 Å². The Hall–Kier alpha value is -5.60. The Labute approximate surface area is 307 Å². The number of Topliss-reactive ketones (excluding diaryl/α,β-unsaturated/α-hetero) is 1. The van der Waals surface area contributed by atoms with Crippen LogP contribution in [0.15, 0.2) is 52.8 Å². The van der Waals surface area contributed by atoms with Crippen LogP contribution in [0.1, 0.15) is 36.5 Å². The average molecular weight is 770 g/mol. The number of phenols is 2. The number of ketones is 1. The molecule has 6 rings (SSSR count). The normalized spacial score (nSPS) is 17.4. The number of phenolic OH excluding ortho intramolecular Hbond substituents is 2. The van der Waals surface area contributed by atoms with Crippen LogP contribution in [-0.2, 0) is 43.4 Å². The molecule has 0 aliphatic carbocycles. The van der Waals surface area contributed by atoms with Crippen LogP contribution >= 0.6 is 34.7 Å². The highest BCUT2D eigenvalue weighted by molar-refractivity contribution is 8.00. The highest BCUT2D eigenvalue weighted by Gasteiger charge is 2.54. The summed E-state index contributed by atoms with van der Waals surface area (Å²) in [5, 5.41) is 50.7. The van der Waals surface area contributed by atoms with Crippen LogP contribution in [0.2, 0.25) is 5.02 Å². The number of aromatic amines is 1. The Morgan fingerprint density at radius 1 is 1.21 bits per heavy atom. The molecule has 0 spiro atoms. The summed E-state index contributed by atoms with van der Waals surface area (Å²) in [5.41, 5.74) is 6.05. The molecule has 18 nitrogen and oxygen atoms in total. The maximum Gasteiger partial charge on any atom is 0.350 e. The first-order valence-corrected chi connectivity index (χ1v) is 17.7. The van der Waals surface area contributed by atoms with Gasteiger partial charge in [0.15, 0.2) is 41.3 Å². The van der Waals surface area contributed by atoms with Gasteiger partial charge >= 0.3 is 5.97 Å². The number of carboxylic acids is 1. The van der Waals surface area contributed by atoms with Gasteiger partial charge in [-0.05, 0) is 36.3 Å². The average Bonchev–Trinajstić information content (AvgIpc) is 3.80. The van der Waals surface area contributed by atoms with E-state index in [2.05, 4.69) is 36.1 Å². The quantitative estimate of drug-likeness (QED) is 0.0365. The number of β-lactam (4-membered cyclic amide) rings is 1. The number of hydrogen-bond acceptors (Lipinski definition) is 15. The number of nitrogen functional groups attached to an aromatic ring is 1. The van der Waals surface area contributed by atoms with E-state index >= 15 is 0 Å². The van der Waals surface area contributed by atoms with Gasteiger partial charge in [0.1, 0.15) is 22.9 Å². The summed E-state index contributed by atoms with van der Waals surface area (Å²) in [6.45, 7) is 2.86. The molecule has 5 heterocycles. The standard InChI is InChI=1S/C31H29ClN10O8S2/c1-31(2,29(48)49)50-38-21(18-13-52-30(33)34-18)26(46)35-22-27(47)42-23(25-36-39-40-37-25)16(12-51-28(22)42)11-41-7-5-14(6-8-41)9-17(43)10-15-3-4-19(44)24(45)20(15)32/h3-8,13,22,28H,9-12H2,1-2H3,(H6-,33,34,35,36,37,38,39,40,44,45,46,48,49)/p+1/t22-,28-/m1/s1. The van der Waals surface area contributed by atoms with Crippen molar-refractivity contribution in [1.82, 2.24) is 35.8 Å². The van der Waals surface area contributed by atoms with Crippen molar-refractivity contribution in [1.29, 1.82) is 0 Å². The third kappa shape index (κ3) is 7.39. The lowest BCUT2D eigenvalue weighted by Gasteiger charge is -2.49. The molecule has 2 atom stereocenters. The molecular weight excluding hydrogens is 740 g/mol. The van der Waals surface area contributed by atoms with Crippen LogP contribution in [0.4, 0.5) is 5.13 Å². The fourth-order valence-electron chi connectivity index (χ4n) is 5.25. The van der Waals surface area contributed by atoms with Gasteiger partial charge in [-0.25, -0.2) is 14.3 Å². The number of aromatic nitrogens is 6. The SMILES string of the molecule is CC(C)(O/N=C(\C(=O)N[C@@H]1C(=O)N2C(c3nn[nH]n3)=C(C[n+]3ccc(CC(=O)Cc4ccc(O)c(O)c4Cl)cc3)CS[C@H]12)c1csc(N)n1)C(=O)O. The number of nitrogens with two attached hydrogens (primary N) is 1. The number of halogens is 1. The fraction of sp³-hybridized carbons (Fsp3) is 0.290. The molecule has 0 bridgehead atoms. The van der Waals surface area contributed by atoms with Crippen molar-refractivity contribution in [3.05, 3.63) is 75.3 Å². The molecule has 1 aromatic carbocycles. The Morgan fingerprint density at radius 2 is 1.96 bits per heavy atom. The number of H-pyrrole nitrogens is 1. The van der Waals surface area contributed by atoms with Gasteiger partial charge in [0.05, 0.1) is 10.7 Å². The Kier molecular flexibility index (Phi) is 10.1. The number of thioether (sulfide) groups is 1. The summed E-state index contributed by atoms with van der Waals surface area (Å²) in [7, 11) is 0. The van der Waals surface area contributed by atoms with Gasteiger partial charge in [0, 0.05) is 41.7 Å². The molecular formula is C31H30ClN10O8S2+. The van der Waals surface area contributed by atoms with Crippen molar-refractivity contribution in [3.63, 3.8) is 0 Å². The van der Waals surface area contributed by atoms with Crippen molar-refractivity contribution in [3.8, 4) is 11.5 Å². The lowest BCUT2D eigenvalue weighted by Crippen LogP contribution is -2.70. The van der Waals surface area contributed by atoms with E-state index < -0.39 is 40.5 Å². The zero-order valence-corrected chi connectivity index (χ0v) is 29.7.